The molecular weight excluding hydrogens is 396 g/mol. The first kappa shape index (κ1) is 18.9. The number of halogens is 1. The first-order chi connectivity index (χ1) is 12.6. The summed E-state index contributed by atoms with van der Waals surface area (Å²) in [6.07, 6.45) is 0.348. The summed E-state index contributed by atoms with van der Waals surface area (Å²) in [7, 11) is 0. The van der Waals surface area contributed by atoms with Crippen LogP contribution in [0.4, 0.5) is 0 Å². The van der Waals surface area contributed by atoms with Crippen molar-refractivity contribution in [3.63, 3.8) is 0 Å². The minimum absolute atomic E-state index is 0.178. The second-order valence-corrected chi connectivity index (χ2v) is 7.08. The molecule has 0 bridgehead atoms. The van der Waals surface area contributed by atoms with Crippen molar-refractivity contribution in [1.82, 2.24) is 0 Å². The Bertz CT molecular complexity index is 721. The zero-order valence-corrected chi connectivity index (χ0v) is 16.5. The molecule has 1 saturated heterocycles. The Morgan fingerprint density at radius 3 is 2.27 bits per heavy atom. The Morgan fingerprint density at radius 2 is 1.73 bits per heavy atom. The Kier molecular flexibility index (Phi) is 6.33. The largest absolute Gasteiger partial charge is 0.489 e. The van der Waals surface area contributed by atoms with Crippen molar-refractivity contribution in [2.24, 2.45) is 0 Å². The molecule has 0 saturated carbocycles. The van der Waals surface area contributed by atoms with Gasteiger partial charge in [-0.05, 0) is 35.7 Å². The van der Waals surface area contributed by atoms with Crippen molar-refractivity contribution >= 4 is 21.9 Å². The summed E-state index contributed by atoms with van der Waals surface area (Å²) >= 11 is 3.45. The number of alkyl halides is 1. The van der Waals surface area contributed by atoms with Crippen molar-refractivity contribution in [3.05, 3.63) is 65.2 Å². The fourth-order valence-electron chi connectivity index (χ4n) is 3.00. The highest BCUT2D eigenvalue weighted by Gasteiger charge is 2.42. The molecule has 0 aromatic heterocycles. The van der Waals surface area contributed by atoms with Crippen LogP contribution in [-0.2, 0) is 31.6 Å². The highest BCUT2D eigenvalue weighted by molar-refractivity contribution is 9.08. The highest BCUT2D eigenvalue weighted by atomic mass is 79.9. The molecule has 138 valence electrons. The number of hydrogen-bond donors (Lipinski definition) is 0. The molecule has 0 N–H and O–H groups in total. The minimum Gasteiger partial charge on any atom is -0.489 e. The lowest BCUT2D eigenvalue weighted by atomic mass is 9.76. The summed E-state index contributed by atoms with van der Waals surface area (Å²) < 4.78 is 16.4. The van der Waals surface area contributed by atoms with Crippen molar-refractivity contribution in [2.45, 2.75) is 30.7 Å². The molecule has 1 fully saturated rings. The molecule has 1 aliphatic heterocycles. The van der Waals surface area contributed by atoms with Crippen LogP contribution in [0, 0.1) is 0 Å². The summed E-state index contributed by atoms with van der Waals surface area (Å²) in [5.41, 5.74) is 3.19. The Morgan fingerprint density at radius 1 is 1.08 bits per heavy atom. The maximum Gasteiger partial charge on any atom is 0.306 e. The molecule has 0 unspecified atom stereocenters. The second-order valence-electron chi connectivity index (χ2n) is 6.52. The molecule has 26 heavy (non-hydrogen) atoms. The standard InChI is InChI=1S/C21H23BrO4/c1-2-25-20(23)11-21(14-24-15-21)18-7-9-19(10-8-18)26-13-17-5-3-16(12-22)4-6-17/h3-10H,2,11-15H2,1H3. The van der Waals surface area contributed by atoms with Crippen molar-refractivity contribution < 1.29 is 19.0 Å². The fraction of sp³-hybridized carbons (Fsp3) is 0.381. The SMILES string of the molecule is CCOC(=O)CC1(c2ccc(OCc3ccc(CBr)cc3)cc2)COC1. The highest BCUT2D eigenvalue weighted by Crippen LogP contribution is 2.37. The summed E-state index contributed by atoms with van der Waals surface area (Å²) in [5, 5.41) is 0.854. The lowest BCUT2D eigenvalue weighted by molar-refractivity contribution is -0.151. The summed E-state index contributed by atoms with van der Waals surface area (Å²) in [4.78, 5) is 11.9. The van der Waals surface area contributed by atoms with Gasteiger partial charge in [0.15, 0.2) is 0 Å². The van der Waals surface area contributed by atoms with Crippen LogP contribution in [0.5, 0.6) is 5.75 Å². The lowest BCUT2D eigenvalue weighted by Crippen LogP contribution is -2.48. The molecule has 0 spiro atoms. The van der Waals surface area contributed by atoms with E-state index in [1.54, 1.807) is 0 Å². The van der Waals surface area contributed by atoms with E-state index in [1.807, 2.05) is 31.2 Å². The molecule has 3 rings (SSSR count). The second kappa shape index (κ2) is 8.69. The minimum atomic E-state index is -0.268. The van der Waals surface area contributed by atoms with Gasteiger partial charge in [-0.1, -0.05) is 52.3 Å². The number of esters is 1. The summed E-state index contributed by atoms with van der Waals surface area (Å²) in [6, 6.07) is 16.3. The van der Waals surface area contributed by atoms with Crippen molar-refractivity contribution in [3.8, 4) is 5.75 Å². The van der Waals surface area contributed by atoms with Crippen LogP contribution in [0.2, 0.25) is 0 Å². The first-order valence-corrected chi connectivity index (χ1v) is 9.88. The molecule has 0 atom stereocenters. The van der Waals surface area contributed by atoms with E-state index in [2.05, 4.69) is 40.2 Å². The maximum atomic E-state index is 11.9. The lowest BCUT2D eigenvalue weighted by Gasteiger charge is -2.41. The number of carbonyl (C=O) groups excluding carboxylic acids is 1. The molecule has 4 nitrogen and oxygen atoms in total. The molecule has 5 heteroatoms. The van der Waals surface area contributed by atoms with E-state index in [0.29, 0.717) is 32.8 Å². The van der Waals surface area contributed by atoms with E-state index in [0.717, 1.165) is 22.2 Å². The van der Waals surface area contributed by atoms with Crippen LogP contribution in [0.25, 0.3) is 0 Å². The average Bonchev–Trinajstić information content (AvgIpc) is 2.64. The van der Waals surface area contributed by atoms with Crippen LogP contribution < -0.4 is 4.74 Å². The van der Waals surface area contributed by atoms with E-state index in [1.165, 1.54) is 5.56 Å². The number of ether oxygens (including phenoxy) is 3. The fourth-order valence-corrected chi connectivity index (χ4v) is 3.38. The molecule has 0 amide bonds. The van der Waals surface area contributed by atoms with Gasteiger partial charge in [-0.2, -0.15) is 0 Å². The normalized spacial score (nSPS) is 15.2. The quantitative estimate of drug-likeness (QED) is 0.471. The predicted molar refractivity (Wildman–Crippen MR) is 104 cm³/mol. The summed E-state index contributed by atoms with van der Waals surface area (Å²) in [6.45, 7) is 3.84. The third kappa shape index (κ3) is 4.46. The van der Waals surface area contributed by atoms with E-state index in [9.17, 15) is 4.79 Å². The number of carbonyl (C=O) groups is 1. The van der Waals surface area contributed by atoms with Gasteiger partial charge in [0.1, 0.15) is 12.4 Å². The average molecular weight is 419 g/mol. The first-order valence-electron chi connectivity index (χ1n) is 8.76. The van der Waals surface area contributed by atoms with Crippen molar-refractivity contribution in [2.75, 3.05) is 19.8 Å². The Labute approximate surface area is 162 Å². The van der Waals surface area contributed by atoms with Crippen LogP contribution in [0.3, 0.4) is 0 Å². The monoisotopic (exact) mass is 418 g/mol. The van der Waals surface area contributed by atoms with Crippen LogP contribution in [0.1, 0.15) is 30.0 Å². The van der Waals surface area contributed by atoms with Gasteiger partial charge in [0.05, 0.1) is 31.7 Å². The van der Waals surface area contributed by atoms with Gasteiger partial charge in [0, 0.05) is 5.33 Å². The van der Waals surface area contributed by atoms with E-state index in [-0.39, 0.29) is 11.4 Å². The molecule has 0 aliphatic carbocycles. The predicted octanol–water partition coefficient (Wildman–Crippen LogP) is 4.38. The number of rotatable bonds is 8. The van der Waals surface area contributed by atoms with Gasteiger partial charge in [-0.15, -0.1) is 0 Å². The van der Waals surface area contributed by atoms with Crippen LogP contribution in [0.15, 0.2) is 48.5 Å². The molecule has 2 aromatic rings. The van der Waals surface area contributed by atoms with Gasteiger partial charge in [0.25, 0.3) is 0 Å². The Balaban J connectivity index is 1.61. The van der Waals surface area contributed by atoms with Gasteiger partial charge in [-0.25, -0.2) is 0 Å². The molecule has 1 aliphatic rings. The van der Waals surface area contributed by atoms with Gasteiger partial charge < -0.3 is 14.2 Å². The van der Waals surface area contributed by atoms with Gasteiger partial charge in [-0.3, -0.25) is 4.79 Å². The topological polar surface area (TPSA) is 44.8 Å². The number of hydrogen-bond acceptors (Lipinski definition) is 4. The Hall–Kier alpha value is -1.85. The molecule has 0 radical (unpaired) electrons. The van der Waals surface area contributed by atoms with Crippen molar-refractivity contribution in [1.29, 1.82) is 0 Å². The molecular formula is C21H23BrO4. The van der Waals surface area contributed by atoms with E-state index >= 15 is 0 Å². The zero-order valence-electron chi connectivity index (χ0n) is 14.9. The third-order valence-corrected chi connectivity index (χ3v) is 5.24. The van der Waals surface area contributed by atoms with E-state index in [4.69, 9.17) is 14.2 Å². The summed E-state index contributed by atoms with van der Waals surface area (Å²) in [5.74, 6) is 0.632. The third-order valence-electron chi connectivity index (χ3n) is 4.59. The molecule has 2 aromatic carbocycles. The van der Waals surface area contributed by atoms with Gasteiger partial charge in [0.2, 0.25) is 0 Å². The maximum absolute atomic E-state index is 11.9. The smallest absolute Gasteiger partial charge is 0.306 e. The van der Waals surface area contributed by atoms with Gasteiger partial charge >= 0.3 is 5.97 Å². The van der Waals surface area contributed by atoms with Crippen LogP contribution in [-0.4, -0.2) is 25.8 Å². The van der Waals surface area contributed by atoms with E-state index < -0.39 is 0 Å². The number of benzene rings is 2. The molecule has 1 heterocycles. The zero-order chi connectivity index (χ0) is 18.4. The van der Waals surface area contributed by atoms with Crippen LogP contribution >= 0.6 is 15.9 Å².